The van der Waals surface area contributed by atoms with Gasteiger partial charge in [-0.1, -0.05) is 24.7 Å². The first kappa shape index (κ1) is 14.1. The van der Waals surface area contributed by atoms with Crippen molar-refractivity contribution in [2.75, 3.05) is 0 Å². The van der Waals surface area contributed by atoms with Crippen LogP contribution in [-0.4, -0.2) is 38.9 Å². The van der Waals surface area contributed by atoms with Gasteiger partial charge in [0.05, 0.1) is 12.0 Å². The monoisotopic (exact) mass is 278 g/mol. The van der Waals surface area contributed by atoms with Gasteiger partial charge in [-0.15, -0.1) is 0 Å². The molecule has 110 valence electrons. The van der Waals surface area contributed by atoms with Gasteiger partial charge in [0.15, 0.2) is 5.78 Å². The van der Waals surface area contributed by atoms with E-state index < -0.39 is 17.8 Å². The Hall–Kier alpha value is -0.890. The zero-order valence-corrected chi connectivity index (χ0v) is 11.6. The minimum absolute atomic E-state index is 0.127. The highest BCUT2D eigenvalue weighted by Gasteiger charge is 2.59. The number of rotatable bonds is 1. The number of Topliss-reactive ketones (excluding diaryl/α,β-unsaturated/α-hetero) is 1. The van der Waals surface area contributed by atoms with Gasteiger partial charge >= 0.3 is 0 Å². The highest BCUT2D eigenvalue weighted by Crippen LogP contribution is 2.48. The molecule has 0 unspecified atom stereocenters. The van der Waals surface area contributed by atoms with Crippen LogP contribution in [0.4, 0.5) is 0 Å². The summed E-state index contributed by atoms with van der Waals surface area (Å²) >= 11 is 0. The van der Waals surface area contributed by atoms with E-state index in [1.165, 1.54) is 0 Å². The quantitative estimate of drug-likeness (QED) is 0.615. The molecule has 3 rings (SSSR count). The van der Waals surface area contributed by atoms with E-state index in [9.17, 15) is 20.1 Å². The van der Waals surface area contributed by atoms with Gasteiger partial charge in [-0.3, -0.25) is 4.79 Å². The van der Waals surface area contributed by atoms with Crippen LogP contribution in [0.3, 0.4) is 0 Å². The van der Waals surface area contributed by atoms with Crippen LogP contribution in [0.2, 0.25) is 0 Å². The van der Waals surface area contributed by atoms with Crippen molar-refractivity contribution in [3.63, 3.8) is 0 Å². The predicted octanol–water partition coefficient (Wildman–Crippen LogP) is 0.632. The summed E-state index contributed by atoms with van der Waals surface area (Å²) in [5, 5.41) is 30.4. The lowest BCUT2D eigenvalue weighted by molar-refractivity contribution is -0.181. The smallest absolute Gasteiger partial charge is 0.165 e. The molecule has 4 heteroatoms. The molecule has 0 bridgehead atoms. The van der Waals surface area contributed by atoms with Gasteiger partial charge in [0.25, 0.3) is 0 Å². The average molecular weight is 278 g/mol. The Morgan fingerprint density at radius 2 is 1.95 bits per heavy atom. The fourth-order valence-corrected chi connectivity index (χ4v) is 3.95. The second kappa shape index (κ2) is 5.14. The molecule has 0 aromatic rings. The van der Waals surface area contributed by atoms with Crippen LogP contribution >= 0.6 is 0 Å². The molecule has 3 fully saturated rings. The molecule has 0 aliphatic heterocycles. The topological polar surface area (TPSA) is 77.8 Å². The van der Waals surface area contributed by atoms with Crippen molar-refractivity contribution in [2.45, 2.75) is 62.8 Å². The third-order valence-electron chi connectivity index (χ3n) is 5.42. The molecule has 0 aromatic heterocycles. The molecule has 0 saturated heterocycles. The molecular weight excluding hydrogens is 256 g/mol. The Morgan fingerprint density at radius 3 is 2.60 bits per heavy atom. The van der Waals surface area contributed by atoms with Crippen molar-refractivity contribution in [2.24, 2.45) is 17.8 Å². The summed E-state index contributed by atoms with van der Waals surface area (Å²) in [6.07, 6.45) is 4.10. The van der Waals surface area contributed by atoms with Gasteiger partial charge in [0, 0.05) is 12.3 Å². The number of hydrogen-bond acceptors (Lipinski definition) is 4. The van der Waals surface area contributed by atoms with E-state index in [1.54, 1.807) is 0 Å². The normalized spacial score (nSPS) is 42.4. The maximum atomic E-state index is 11.6. The highest BCUT2D eigenvalue weighted by atomic mass is 16.3. The van der Waals surface area contributed by atoms with Gasteiger partial charge < -0.3 is 15.3 Å². The Labute approximate surface area is 119 Å². The van der Waals surface area contributed by atoms with Crippen LogP contribution in [0.25, 0.3) is 0 Å². The van der Waals surface area contributed by atoms with E-state index in [2.05, 4.69) is 11.8 Å². The number of carbonyl (C=O) groups excluding carboxylic acids is 1. The van der Waals surface area contributed by atoms with Gasteiger partial charge in [-0.2, -0.15) is 0 Å². The maximum Gasteiger partial charge on any atom is 0.165 e. The maximum absolute atomic E-state index is 11.6. The van der Waals surface area contributed by atoms with Crippen molar-refractivity contribution >= 4 is 5.78 Å². The van der Waals surface area contributed by atoms with Crippen molar-refractivity contribution < 1.29 is 20.1 Å². The summed E-state index contributed by atoms with van der Waals surface area (Å²) in [5.41, 5.74) is -1.27. The number of aliphatic hydroxyl groups is 3. The van der Waals surface area contributed by atoms with Crippen molar-refractivity contribution in [1.29, 1.82) is 0 Å². The van der Waals surface area contributed by atoms with Crippen molar-refractivity contribution in [3.8, 4) is 11.8 Å². The van der Waals surface area contributed by atoms with E-state index >= 15 is 0 Å². The van der Waals surface area contributed by atoms with Crippen molar-refractivity contribution in [3.05, 3.63) is 0 Å². The third kappa shape index (κ3) is 2.18. The van der Waals surface area contributed by atoms with Crippen LogP contribution in [-0.2, 0) is 4.79 Å². The number of fused-ring (bicyclic) bond motifs is 1. The van der Waals surface area contributed by atoms with Crippen LogP contribution in [0.15, 0.2) is 0 Å². The molecule has 0 aromatic carbocycles. The largest absolute Gasteiger partial charge is 0.392 e. The Balaban J connectivity index is 1.71. The lowest BCUT2D eigenvalue weighted by Gasteiger charge is -2.51. The van der Waals surface area contributed by atoms with Gasteiger partial charge in [-0.25, -0.2) is 0 Å². The second-order valence-corrected chi connectivity index (χ2v) is 6.57. The molecule has 0 spiro atoms. The van der Waals surface area contributed by atoms with Crippen LogP contribution < -0.4 is 0 Å². The molecule has 4 nitrogen and oxygen atoms in total. The molecule has 0 amide bonds. The summed E-state index contributed by atoms with van der Waals surface area (Å²) in [5.74, 6) is 5.29. The fourth-order valence-electron chi connectivity index (χ4n) is 3.95. The molecule has 0 heterocycles. The summed E-state index contributed by atoms with van der Waals surface area (Å²) in [4.78, 5) is 11.6. The molecule has 20 heavy (non-hydrogen) atoms. The number of ketones is 1. The van der Waals surface area contributed by atoms with Gasteiger partial charge in [0.1, 0.15) is 11.7 Å². The van der Waals surface area contributed by atoms with E-state index in [1.807, 2.05) is 0 Å². The Kier molecular flexibility index (Phi) is 3.62. The predicted molar refractivity (Wildman–Crippen MR) is 72.5 cm³/mol. The highest BCUT2D eigenvalue weighted by molar-refractivity contribution is 5.94. The molecule has 0 radical (unpaired) electrons. The number of aliphatic hydroxyl groups excluding tert-OH is 2. The van der Waals surface area contributed by atoms with Gasteiger partial charge in [-0.05, 0) is 31.6 Å². The minimum Gasteiger partial charge on any atom is -0.392 e. The first-order valence-electron chi connectivity index (χ1n) is 7.65. The van der Waals surface area contributed by atoms with Crippen molar-refractivity contribution in [1.82, 2.24) is 0 Å². The summed E-state index contributed by atoms with van der Waals surface area (Å²) < 4.78 is 0. The fraction of sp³-hybridized carbons (Fsp3) is 0.812. The molecular formula is C16H22O4. The van der Waals surface area contributed by atoms with Crippen LogP contribution in [0, 0.1) is 29.6 Å². The zero-order valence-electron chi connectivity index (χ0n) is 11.6. The minimum atomic E-state index is -1.27. The first-order valence-corrected chi connectivity index (χ1v) is 7.65. The molecule has 3 aliphatic rings. The van der Waals surface area contributed by atoms with Gasteiger partial charge in [0.2, 0.25) is 0 Å². The molecule has 3 aliphatic carbocycles. The Morgan fingerprint density at radius 1 is 1.25 bits per heavy atom. The standard InChI is InChI=1S/C16H22O4/c17-13(10-3-1-2-4-10)6-5-11-12-9-15(19)16(12,20)8-7-14(11)18/h10-14,17-18,20H,1-4,7-9H2/t11-,12-,13-,14-,16-/m1/s1. The van der Waals surface area contributed by atoms with Crippen LogP contribution in [0.1, 0.15) is 44.9 Å². The molecule has 3 saturated carbocycles. The average Bonchev–Trinajstić information content (AvgIpc) is 2.96. The number of carbonyl (C=O) groups is 1. The summed E-state index contributed by atoms with van der Waals surface area (Å²) in [6.45, 7) is 0. The zero-order chi connectivity index (χ0) is 14.3. The molecule has 5 atom stereocenters. The molecule has 3 N–H and O–H groups in total. The summed E-state index contributed by atoms with van der Waals surface area (Å²) in [6, 6.07) is 0. The Bertz CT molecular complexity index is 457. The van der Waals surface area contributed by atoms with Crippen LogP contribution in [0.5, 0.6) is 0 Å². The number of hydrogen-bond donors (Lipinski definition) is 3. The lowest BCUT2D eigenvalue weighted by Crippen LogP contribution is -2.63. The lowest BCUT2D eigenvalue weighted by atomic mass is 9.56. The summed E-state index contributed by atoms with van der Waals surface area (Å²) in [7, 11) is 0. The second-order valence-electron chi connectivity index (χ2n) is 6.57. The van der Waals surface area contributed by atoms with E-state index in [0.29, 0.717) is 19.3 Å². The third-order valence-corrected chi connectivity index (χ3v) is 5.42. The SMILES string of the molecule is O=C1C[C@@H]2[C@@H](C#C[C@@H](O)C3CCCC3)[C@H](O)CC[C@]12O. The first-order chi connectivity index (χ1) is 9.52. The van der Waals surface area contributed by atoms with E-state index in [4.69, 9.17) is 0 Å². The van der Waals surface area contributed by atoms with E-state index in [-0.39, 0.29) is 23.5 Å². The van der Waals surface area contributed by atoms with E-state index in [0.717, 1.165) is 25.7 Å².